The highest BCUT2D eigenvalue weighted by molar-refractivity contribution is 6.30. The smallest absolute Gasteiger partial charge is 0.407 e. The van der Waals surface area contributed by atoms with Crippen LogP contribution in [0.4, 0.5) is 4.79 Å². The molecule has 2 unspecified atom stereocenters. The Labute approximate surface area is 120 Å². The summed E-state index contributed by atoms with van der Waals surface area (Å²) in [6.07, 6.45) is 0.418. The Morgan fingerprint density at radius 2 is 2.10 bits per heavy atom. The van der Waals surface area contributed by atoms with Crippen molar-refractivity contribution in [3.63, 3.8) is 0 Å². The molecule has 20 heavy (non-hydrogen) atoms. The van der Waals surface area contributed by atoms with E-state index in [2.05, 4.69) is 20.8 Å². The Kier molecular flexibility index (Phi) is 4.52. The number of benzene rings is 1. The predicted octanol–water partition coefficient (Wildman–Crippen LogP) is 1.98. The molecule has 0 fully saturated rings. The van der Waals surface area contributed by atoms with Crippen molar-refractivity contribution in [2.24, 2.45) is 0 Å². The summed E-state index contributed by atoms with van der Waals surface area (Å²) in [5.74, 6) is 0. The SMILES string of the molecule is CNC(=O)OC(c1ccc(Cl)cc1)C(C)n1cnnn1. The molecule has 2 rings (SSSR count). The number of hydrogen-bond donors (Lipinski definition) is 1. The van der Waals surface area contributed by atoms with Crippen molar-refractivity contribution in [2.75, 3.05) is 7.05 Å². The van der Waals surface area contributed by atoms with Crippen LogP contribution in [0.15, 0.2) is 30.6 Å². The van der Waals surface area contributed by atoms with Gasteiger partial charge in [-0.2, -0.15) is 0 Å². The molecule has 0 saturated heterocycles. The zero-order valence-corrected chi connectivity index (χ0v) is 11.8. The lowest BCUT2D eigenvalue weighted by molar-refractivity contribution is 0.0664. The monoisotopic (exact) mass is 295 g/mol. The third-order valence-corrected chi connectivity index (χ3v) is 3.11. The highest BCUT2D eigenvalue weighted by Gasteiger charge is 2.25. The highest BCUT2D eigenvalue weighted by atomic mass is 35.5. The molecule has 2 aromatic rings. The van der Waals surface area contributed by atoms with Crippen LogP contribution in [-0.4, -0.2) is 33.3 Å². The predicted molar refractivity (Wildman–Crippen MR) is 72.3 cm³/mol. The number of carbonyl (C=O) groups is 1. The molecule has 0 aliphatic carbocycles. The fourth-order valence-electron chi connectivity index (χ4n) is 1.77. The van der Waals surface area contributed by atoms with E-state index in [1.54, 1.807) is 24.3 Å². The zero-order chi connectivity index (χ0) is 14.5. The topological polar surface area (TPSA) is 81.9 Å². The van der Waals surface area contributed by atoms with Gasteiger partial charge >= 0.3 is 6.09 Å². The maximum atomic E-state index is 11.5. The molecule has 7 nitrogen and oxygen atoms in total. The summed E-state index contributed by atoms with van der Waals surface area (Å²) in [6.45, 7) is 1.86. The third kappa shape index (κ3) is 3.24. The molecular formula is C12H14ClN5O2. The molecule has 1 aromatic carbocycles. The first-order chi connectivity index (χ1) is 9.61. The number of amides is 1. The first-order valence-electron chi connectivity index (χ1n) is 5.98. The van der Waals surface area contributed by atoms with Crippen molar-refractivity contribution < 1.29 is 9.53 Å². The van der Waals surface area contributed by atoms with Gasteiger partial charge in [-0.3, -0.25) is 0 Å². The summed E-state index contributed by atoms with van der Waals surface area (Å²) in [6, 6.07) is 6.82. The van der Waals surface area contributed by atoms with E-state index in [9.17, 15) is 4.79 Å². The lowest BCUT2D eigenvalue weighted by atomic mass is 10.0. The Morgan fingerprint density at radius 3 is 2.65 bits per heavy atom. The van der Waals surface area contributed by atoms with Crippen LogP contribution < -0.4 is 5.32 Å². The van der Waals surface area contributed by atoms with Gasteiger partial charge < -0.3 is 10.1 Å². The van der Waals surface area contributed by atoms with Gasteiger partial charge in [0.25, 0.3) is 0 Å². The van der Waals surface area contributed by atoms with Crippen molar-refractivity contribution in [1.82, 2.24) is 25.5 Å². The zero-order valence-electron chi connectivity index (χ0n) is 11.0. The minimum absolute atomic E-state index is 0.261. The van der Waals surface area contributed by atoms with E-state index in [4.69, 9.17) is 16.3 Å². The molecule has 0 saturated carbocycles. The number of rotatable bonds is 4. The van der Waals surface area contributed by atoms with E-state index >= 15 is 0 Å². The van der Waals surface area contributed by atoms with Crippen LogP contribution in [0.3, 0.4) is 0 Å². The Bertz CT molecular complexity index is 558. The molecule has 1 heterocycles. The number of hydrogen-bond acceptors (Lipinski definition) is 5. The van der Waals surface area contributed by atoms with E-state index < -0.39 is 12.2 Å². The molecule has 8 heteroatoms. The number of aromatic nitrogens is 4. The molecular weight excluding hydrogens is 282 g/mol. The number of alkyl carbamates (subject to hydrolysis) is 1. The second kappa shape index (κ2) is 6.33. The van der Waals surface area contributed by atoms with E-state index in [0.717, 1.165) is 5.56 Å². The van der Waals surface area contributed by atoms with Gasteiger partial charge in [0.2, 0.25) is 0 Å². The molecule has 0 bridgehead atoms. The Hall–Kier alpha value is -2.15. The molecule has 2 atom stereocenters. The van der Waals surface area contributed by atoms with Crippen LogP contribution in [0.2, 0.25) is 5.02 Å². The van der Waals surface area contributed by atoms with Crippen LogP contribution >= 0.6 is 11.6 Å². The molecule has 106 valence electrons. The van der Waals surface area contributed by atoms with Gasteiger partial charge in [-0.15, -0.1) is 5.10 Å². The molecule has 0 spiro atoms. The van der Waals surface area contributed by atoms with Gasteiger partial charge in [-0.05, 0) is 35.0 Å². The maximum Gasteiger partial charge on any atom is 0.407 e. The van der Waals surface area contributed by atoms with Crippen LogP contribution in [-0.2, 0) is 4.74 Å². The molecule has 1 amide bonds. The maximum absolute atomic E-state index is 11.5. The Morgan fingerprint density at radius 1 is 1.40 bits per heavy atom. The normalized spacial score (nSPS) is 13.6. The van der Waals surface area contributed by atoms with Crippen LogP contribution in [0, 0.1) is 0 Å². The number of nitrogens with zero attached hydrogens (tertiary/aromatic N) is 4. The lowest BCUT2D eigenvalue weighted by Crippen LogP contribution is -2.26. The molecule has 1 N–H and O–H groups in total. The van der Waals surface area contributed by atoms with Gasteiger partial charge in [0.05, 0.1) is 6.04 Å². The van der Waals surface area contributed by atoms with Crippen LogP contribution in [0.5, 0.6) is 0 Å². The number of halogens is 1. The first-order valence-corrected chi connectivity index (χ1v) is 6.36. The third-order valence-electron chi connectivity index (χ3n) is 2.86. The minimum Gasteiger partial charge on any atom is -0.439 e. The van der Waals surface area contributed by atoms with Gasteiger partial charge in [0.1, 0.15) is 6.33 Å². The average molecular weight is 296 g/mol. The van der Waals surface area contributed by atoms with Crippen molar-refractivity contribution >= 4 is 17.7 Å². The standard InChI is InChI=1S/C12H14ClN5O2/c1-8(18-7-15-16-17-18)11(20-12(19)14-2)9-3-5-10(13)6-4-9/h3-8,11H,1-2H3,(H,14,19). The quantitative estimate of drug-likeness (QED) is 0.932. The van der Waals surface area contributed by atoms with Gasteiger partial charge in [-0.25, -0.2) is 9.48 Å². The fraction of sp³-hybridized carbons (Fsp3) is 0.333. The number of tetrazole rings is 1. The second-order valence-corrected chi connectivity index (χ2v) is 4.59. The van der Waals surface area contributed by atoms with E-state index in [1.807, 2.05) is 6.92 Å². The molecule has 1 aromatic heterocycles. The molecule has 0 aliphatic rings. The van der Waals surface area contributed by atoms with Gasteiger partial charge in [0.15, 0.2) is 6.10 Å². The Balaban J connectivity index is 2.28. The lowest BCUT2D eigenvalue weighted by Gasteiger charge is -2.23. The summed E-state index contributed by atoms with van der Waals surface area (Å²) < 4.78 is 6.93. The summed E-state index contributed by atoms with van der Waals surface area (Å²) >= 11 is 5.87. The number of carbonyl (C=O) groups excluding carboxylic acids is 1. The molecule has 0 aliphatic heterocycles. The summed E-state index contributed by atoms with van der Waals surface area (Å²) in [7, 11) is 1.50. The van der Waals surface area contributed by atoms with Crippen molar-refractivity contribution in [3.05, 3.63) is 41.2 Å². The molecule has 0 radical (unpaired) electrons. The largest absolute Gasteiger partial charge is 0.439 e. The van der Waals surface area contributed by atoms with Crippen LogP contribution in [0.1, 0.15) is 24.6 Å². The van der Waals surface area contributed by atoms with Crippen molar-refractivity contribution in [2.45, 2.75) is 19.1 Å². The first kappa shape index (κ1) is 14.3. The fourth-order valence-corrected chi connectivity index (χ4v) is 1.89. The van der Waals surface area contributed by atoms with Gasteiger partial charge in [-0.1, -0.05) is 23.7 Å². The summed E-state index contributed by atoms with van der Waals surface area (Å²) in [5, 5.41) is 14.0. The number of ether oxygens (including phenoxy) is 1. The van der Waals surface area contributed by atoms with E-state index in [-0.39, 0.29) is 6.04 Å². The average Bonchev–Trinajstić information content (AvgIpc) is 2.99. The van der Waals surface area contributed by atoms with Crippen molar-refractivity contribution in [3.8, 4) is 0 Å². The minimum atomic E-state index is -0.532. The van der Waals surface area contributed by atoms with E-state index in [1.165, 1.54) is 18.1 Å². The summed E-state index contributed by atoms with van der Waals surface area (Å²) in [4.78, 5) is 11.5. The second-order valence-electron chi connectivity index (χ2n) is 4.16. The number of nitrogens with one attached hydrogen (secondary N) is 1. The van der Waals surface area contributed by atoms with Crippen molar-refractivity contribution in [1.29, 1.82) is 0 Å². The van der Waals surface area contributed by atoms with Crippen LogP contribution in [0.25, 0.3) is 0 Å². The van der Waals surface area contributed by atoms with Gasteiger partial charge in [0, 0.05) is 12.1 Å². The highest BCUT2D eigenvalue weighted by Crippen LogP contribution is 2.29. The summed E-state index contributed by atoms with van der Waals surface area (Å²) in [5.41, 5.74) is 0.806. The van der Waals surface area contributed by atoms with E-state index in [0.29, 0.717) is 5.02 Å².